The van der Waals surface area contributed by atoms with Crippen molar-refractivity contribution in [2.75, 3.05) is 5.75 Å². The van der Waals surface area contributed by atoms with Crippen LogP contribution in [0.5, 0.6) is 0 Å². The van der Waals surface area contributed by atoms with Crippen LogP contribution in [0.2, 0.25) is 0 Å². The number of hydrogen-bond acceptors (Lipinski definition) is 5. The second-order valence-corrected chi connectivity index (χ2v) is 8.78. The average Bonchev–Trinajstić information content (AvgIpc) is 3.44. The Morgan fingerprint density at radius 3 is 2.63 bits per heavy atom. The summed E-state index contributed by atoms with van der Waals surface area (Å²) in [4.78, 5) is 12.5. The lowest BCUT2D eigenvalue weighted by Crippen LogP contribution is -2.38. The zero-order valence-corrected chi connectivity index (χ0v) is 18.1. The highest BCUT2D eigenvalue weighted by Crippen LogP contribution is 2.28. The molecule has 0 atom stereocenters. The van der Waals surface area contributed by atoms with E-state index in [1.165, 1.54) is 31.0 Å². The number of furan rings is 1. The van der Waals surface area contributed by atoms with Crippen molar-refractivity contribution in [2.24, 2.45) is 5.92 Å². The van der Waals surface area contributed by atoms with E-state index in [1.807, 2.05) is 34.9 Å². The van der Waals surface area contributed by atoms with E-state index in [0.717, 1.165) is 29.5 Å². The normalized spacial score (nSPS) is 19.0. The van der Waals surface area contributed by atoms with Crippen LogP contribution in [0.25, 0.3) is 11.6 Å². The van der Waals surface area contributed by atoms with Gasteiger partial charge in [0.2, 0.25) is 11.7 Å². The van der Waals surface area contributed by atoms with Crippen LogP contribution in [-0.2, 0) is 11.3 Å². The van der Waals surface area contributed by atoms with E-state index in [2.05, 4.69) is 34.6 Å². The Morgan fingerprint density at radius 2 is 1.93 bits per heavy atom. The molecule has 7 heteroatoms. The van der Waals surface area contributed by atoms with Crippen LogP contribution in [0.4, 0.5) is 0 Å². The summed E-state index contributed by atoms with van der Waals surface area (Å²) in [7, 11) is 0. The Bertz CT molecular complexity index is 932. The lowest BCUT2D eigenvalue weighted by atomic mass is 9.84. The monoisotopic (exact) mass is 424 g/mol. The Hall–Kier alpha value is -2.54. The maximum Gasteiger partial charge on any atom is 0.230 e. The fraction of sp³-hybridized carbons (Fsp3) is 0.435. The maximum absolute atomic E-state index is 12.5. The largest absolute Gasteiger partial charge is 0.461 e. The Kier molecular flexibility index (Phi) is 6.89. The van der Waals surface area contributed by atoms with Gasteiger partial charge in [-0.25, -0.2) is 0 Å². The van der Waals surface area contributed by atoms with Crippen molar-refractivity contribution in [1.29, 1.82) is 0 Å². The van der Waals surface area contributed by atoms with Crippen LogP contribution in [0.1, 0.15) is 44.6 Å². The van der Waals surface area contributed by atoms with Gasteiger partial charge in [-0.15, -0.1) is 10.2 Å². The van der Waals surface area contributed by atoms with E-state index in [1.54, 1.807) is 6.26 Å². The third kappa shape index (κ3) is 5.14. The molecule has 1 amide bonds. The zero-order chi connectivity index (χ0) is 20.8. The molecule has 4 rings (SSSR count). The molecule has 1 N–H and O–H groups in total. The first-order chi connectivity index (χ1) is 14.7. The van der Waals surface area contributed by atoms with Gasteiger partial charge in [-0.05, 0) is 49.3 Å². The maximum atomic E-state index is 12.5. The molecule has 0 saturated heterocycles. The van der Waals surface area contributed by atoms with Crippen molar-refractivity contribution in [3.8, 4) is 11.6 Å². The number of aromatic nitrogens is 3. The van der Waals surface area contributed by atoms with E-state index in [-0.39, 0.29) is 5.91 Å². The van der Waals surface area contributed by atoms with Gasteiger partial charge in [-0.1, -0.05) is 55.4 Å². The minimum atomic E-state index is 0.0637. The number of thioether (sulfide) groups is 1. The first-order valence-corrected chi connectivity index (χ1v) is 11.6. The summed E-state index contributed by atoms with van der Waals surface area (Å²) in [5.41, 5.74) is 1.14. The molecule has 30 heavy (non-hydrogen) atoms. The van der Waals surface area contributed by atoms with Crippen molar-refractivity contribution in [3.63, 3.8) is 0 Å². The van der Waals surface area contributed by atoms with Crippen LogP contribution in [0, 0.1) is 5.92 Å². The van der Waals surface area contributed by atoms with Crippen LogP contribution in [0.15, 0.2) is 58.3 Å². The standard InChI is InChI=1S/C23H28N4O2S/c1-2-17-10-12-19(13-11-17)24-21(28)16-30-23-26-25-22(20-9-6-14-29-20)27(23)15-18-7-4-3-5-8-18/h3-9,14,17,19H,2,10-13,15-16H2,1H3,(H,24,28). The van der Waals surface area contributed by atoms with E-state index < -0.39 is 0 Å². The quantitative estimate of drug-likeness (QED) is 0.528. The van der Waals surface area contributed by atoms with Crippen LogP contribution in [-0.4, -0.2) is 32.5 Å². The summed E-state index contributed by atoms with van der Waals surface area (Å²) >= 11 is 1.42. The summed E-state index contributed by atoms with van der Waals surface area (Å²) in [6.07, 6.45) is 7.47. The molecular formula is C23H28N4O2S. The first kappa shape index (κ1) is 20.7. The summed E-state index contributed by atoms with van der Waals surface area (Å²) in [6.45, 7) is 2.87. The molecule has 1 aliphatic carbocycles. The second kappa shape index (κ2) is 9.98. The summed E-state index contributed by atoms with van der Waals surface area (Å²) in [5.74, 6) is 2.56. The molecule has 0 unspecified atom stereocenters. The Balaban J connectivity index is 1.41. The van der Waals surface area contributed by atoms with Crippen molar-refractivity contribution < 1.29 is 9.21 Å². The number of amides is 1. The van der Waals surface area contributed by atoms with E-state index >= 15 is 0 Å². The van der Waals surface area contributed by atoms with Gasteiger partial charge in [0.05, 0.1) is 18.6 Å². The number of carbonyl (C=O) groups is 1. The van der Waals surface area contributed by atoms with Gasteiger partial charge in [-0.3, -0.25) is 9.36 Å². The summed E-state index contributed by atoms with van der Waals surface area (Å²) in [6, 6.07) is 14.2. The van der Waals surface area contributed by atoms with E-state index in [9.17, 15) is 4.79 Å². The van der Waals surface area contributed by atoms with Crippen molar-refractivity contribution in [2.45, 2.75) is 56.8 Å². The highest BCUT2D eigenvalue weighted by atomic mass is 32.2. The molecule has 2 aromatic heterocycles. The molecule has 6 nitrogen and oxygen atoms in total. The lowest BCUT2D eigenvalue weighted by Gasteiger charge is -2.28. The number of rotatable bonds is 8. The number of nitrogens with zero attached hydrogens (tertiary/aromatic N) is 3. The number of hydrogen-bond donors (Lipinski definition) is 1. The van der Waals surface area contributed by atoms with Gasteiger partial charge in [0.15, 0.2) is 10.9 Å². The zero-order valence-electron chi connectivity index (χ0n) is 17.3. The SMILES string of the molecule is CCC1CCC(NC(=O)CSc2nnc(-c3ccco3)n2Cc2ccccc2)CC1. The molecule has 3 aromatic rings. The first-order valence-electron chi connectivity index (χ1n) is 10.7. The topological polar surface area (TPSA) is 73.0 Å². The van der Waals surface area contributed by atoms with Gasteiger partial charge >= 0.3 is 0 Å². The fourth-order valence-corrected chi connectivity index (χ4v) is 4.76. The van der Waals surface area contributed by atoms with E-state index in [4.69, 9.17) is 4.42 Å². The van der Waals surface area contributed by atoms with Gasteiger partial charge in [-0.2, -0.15) is 0 Å². The average molecular weight is 425 g/mol. The van der Waals surface area contributed by atoms with Crippen LogP contribution in [0.3, 0.4) is 0 Å². The molecular weight excluding hydrogens is 396 g/mol. The molecule has 1 saturated carbocycles. The predicted molar refractivity (Wildman–Crippen MR) is 118 cm³/mol. The Labute approximate surface area is 181 Å². The van der Waals surface area contributed by atoms with Gasteiger partial charge < -0.3 is 9.73 Å². The lowest BCUT2D eigenvalue weighted by molar-refractivity contribution is -0.119. The molecule has 0 bridgehead atoms. The van der Waals surface area contributed by atoms with Gasteiger partial charge in [0.25, 0.3) is 0 Å². The fourth-order valence-electron chi connectivity index (χ4n) is 4.01. The molecule has 1 fully saturated rings. The highest BCUT2D eigenvalue weighted by molar-refractivity contribution is 7.99. The summed E-state index contributed by atoms with van der Waals surface area (Å²) in [5, 5.41) is 12.6. The highest BCUT2D eigenvalue weighted by Gasteiger charge is 2.22. The van der Waals surface area contributed by atoms with Crippen molar-refractivity contribution in [1.82, 2.24) is 20.1 Å². The number of nitrogens with one attached hydrogen (secondary N) is 1. The third-order valence-corrected chi connectivity index (χ3v) is 6.73. The minimum absolute atomic E-state index is 0.0637. The molecule has 0 aliphatic heterocycles. The predicted octanol–water partition coefficient (Wildman–Crippen LogP) is 4.76. The molecule has 1 aromatic carbocycles. The van der Waals surface area contributed by atoms with Crippen LogP contribution < -0.4 is 5.32 Å². The smallest absolute Gasteiger partial charge is 0.230 e. The Morgan fingerprint density at radius 1 is 1.13 bits per heavy atom. The minimum Gasteiger partial charge on any atom is -0.461 e. The third-order valence-electron chi connectivity index (χ3n) is 5.76. The van der Waals surface area contributed by atoms with E-state index in [0.29, 0.717) is 29.9 Å². The van der Waals surface area contributed by atoms with Gasteiger partial charge in [0, 0.05) is 6.04 Å². The molecule has 2 heterocycles. The number of carbonyl (C=O) groups excluding carboxylic acids is 1. The van der Waals surface area contributed by atoms with Crippen molar-refractivity contribution in [3.05, 3.63) is 54.3 Å². The number of benzene rings is 1. The summed E-state index contributed by atoms with van der Waals surface area (Å²) < 4.78 is 7.56. The van der Waals surface area contributed by atoms with Crippen molar-refractivity contribution >= 4 is 17.7 Å². The van der Waals surface area contributed by atoms with Gasteiger partial charge in [0.1, 0.15) is 0 Å². The molecule has 1 aliphatic rings. The molecule has 158 valence electrons. The second-order valence-electron chi connectivity index (χ2n) is 7.84. The molecule has 0 radical (unpaired) electrons. The molecule has 0 spiro atoms. The van der Waals surface area contributed by atoms with Crippen LogP contribution >= 0.6 is 11.8 Å².